The van der Waals surface area contributed by atoms with E-state index in [0.29, 0.717) is 18.9 Å². The van der Waals surface area contributed by atoms with Crippen LogP contribution in [0.2, 0.25) is 0 Å². The van der Waals surface area contributed by atoms with E-state index in [4.69, 9.17) is 5.73 Å². The first kappa shape index (κ1) is 26.8. The fourth-order valence-corrected chi connectivity index (χ4v) is 8.27. The molecule has 214 valence electrons. The molecule has 0 aromatic heterocycles. The Balaban J connectivity index is 1.56. The number of hydrogen-bond donors (Lipinski definition) is 5. The van der Waals surface area contributed by atoms with E-state index in [1.165, 1.54) is 0 Å². The van der Waals surface area contributed by atoms with Crippen molar-refractivity contribution in [2.75, 3.05) is 45.7 Å². The number of carbonyl (C=O) groups excluding carboxylic acids is 3. The van der Waals surface area contributed by atoms with Gasteiger partial charge in [0.05, 0.1) is 11.6 Å². The highest BCUT2D eigenvalue weighted by atomic mass is 16.3. The van der Waals surface area contributed by atoms with Gasteiger partial charge in [-0.2, -0.15) is 0 Å². The SMILES string of the molecule is CCN(C)[C@@H]1C(=O)C(C(N)=O)=C(O)[C@@]2(O)C(=O)C3=C(O)c4c(O)cc5c(c4C[C@H]3C[C@@H]12)N(C)CC1CCN(C)C51. The Labute approximate surface area is 232 Å². The summed E-state index contributed by atoms with van der Waals surface area (Å²) in [5.41, 5.74) is 4.62. The standard InChI is InChI=1S/C29H36N4O7/c1-5-31(2)23-16-9-13-8-14-19(17(34)10-15-21-12(6-7-32(21)3)11-33(4)22(14)15)24(35)18(13)26(37)29(16,40)27(38)20(25(23)36)28(30)39/h10,12-13,16,21,23,34-35,38,40H,5-9,11H2,1-4H3,(H2,30,39)/t12?,13-,16-,21?,23-,29-/m0/s1. The van der Waals surface area contributed by atoms with Crippen LogP contribution in [0.3, 0.4) is 0 Å². The predicted octanol–water partition coefficient (Wildman–Crippen LogP) is 0.797. The third-order valence-electron chi connectivity index (χ3n) is 10.1. The highest BCUT2D eigenvalue weighted by Gasteiger charge is 2.64. The number of aromatic hydroxyl groups is 1. The monoisotopic (exact) mass is 552 g/mol. The number of nitrogens with two attached hydrogens (primary N) is 1. The van der Waals surface area contributed by atoms with E-state index in [2.05, 4.69) is 16.8 Å². The first-order chi connectivity index (χ1) is 18.8. The lowest BCUT2D eigenvalue weighted by molar-refractivity contribution is -0.154. The summed E-state index contributed by atoms with van der Waals surface area (Å²) < 4.78 is 0. The van der Waals surface area contributed by atoms with Gasteiger partial charge < -0.3 is 31.1 Å². The number of likely N-dealkylation sites (tertiary alicyclic amines) is 1. The maximum absolute atomic E-state index is 14.1. The Kier molecular flexibility index (Phi) is 5.89. The van der Waals surface area contributed by atoms with Gasteiger partial charge in [0, 0.05) is 36.8 Å². The summed E-state index contributed by atoms with van der Waals surface area (Å²) in [6.45, 7) is 3.92. The van der Waals surface area contributed by atoms with Crippen LogP contribution < -0.4 is 10.6 Å². The van der Waals surface area contributed by atoms with E-state index >= 15 is 0 Å². The molecule has 1 aromatic rings. The second kappa shape index (κ2) is 8.79. The third kappa shape index (κ3) is 3.25. The minimum absolute atomic E-state index is 0.0814. The molecule has 0 spiro atoms. The molecule has 11 heteroatoms. The maximum atomic E-state index is 14.1. The van der Waals surface area contributed by atoms with Crippen LogP contribution in [-0.4, -0.2) is 100 Å². The van der Waals surface area contributed by atoms with Gasteiger partial charge in [0.1, 0.15) is 22.8 Å². The lowest BCUT2D eigenvalue weighted by Gasteiger charge is -2.51. The van der Waals surface area contributed by atoms with Crippen LogP contribution in [0.15, 0.2) is 23.0 Å². The van der Waals surface area contributed by atoms with Crippen molar-refractivity contribution in [2.24, 2.45) is 23.5 Å². The summed E-state index contributed by atoms with van der Waals surface area (Å²) >= 11 is 0. The zero-order valence-corrected chi connectivity index (χ0v) is 23.1. The first-order valence-electron chi connectivity index (χ1n) is 13.8. The largest absolute Gasteiger partial charge is 0.508 e. The lowest BCUT2D eigenvalue weighted by atomic mass is 9.57. The molecule has 3 aliphatic carbocycles. The van der Waals surface area contributed by atoms with Crippen LogP contribution in [0.5, 0.6) is 5.75 Å². The number of likely N-dealkylation sites (N-methyl/N-ethyl adjacent to an activating group) is 1. The molecular weight excluding hydrogens is 516 g/mol. The second-order valence-electron chi connectivity index (χ2n) is 12.1. The van der Waals surface area contributed by atoms with Crippen molar-refractivity contribution in [1.82, 2.24) is 9.80 Å². The van der Waals surface area contributed by atoms with Crippen molar-refractivity contribution in [1.29, 1.82) is 0 Å². The molecule has 0 radical (unpaired) electrons. The minimum atomic E-state index is -2.63. The molecule has 0 bridgehead atoms. The van der Waals surface area contributed by atoms with Crippen molar-refractivity contribution < 1.29 is 34.8 Å². The summed E-state index contributed by atoms with van der Waals surface area (Å²) in [6, 6.07) is 0.705. The fourth-order valence-electron chi connectivity index (χ4n) is 8.27. The van der Waals surface area contributed by atoms with Crippen LogP contribution in [0.25, 0.3) is 5.76 Å². The molecule has 5 aliphatic rings. The van der Waals surface area contributed by atoms with Crippen LogP contribution >= 0.6 is 0 Å². The first-order valence-corrected chi connectivity index (χ1v) is 13.8. The van der Waals surface area contributed by atoms with E-state index in [-0.39, 0.29) is 29.3 Å². The summed E-state index contributed by atoms with van der Waals surface area (Å²) in [5, 5.41) is 45.7. The average Bonchev–Trinajstić information content (AvgIpc) is 3.25. The van der Waals surface area contributed by atoms with Gasteiger partial charge in [0.15, 0.2) is 11.4 Å². The van der Waals surface area contributed by atoms with Gasteiger partial charge in [0.2, 0.25) is 5.78 Å². The van der Waals surface area contributed by atoms with Gasteiger partial charge in [-0.3, -0.25) is 24.2 Å². The number of amides is 1. The number of Topliss-reactive ketones (excluding diaryl/α,β-unsaturated/α-hetero) is 2. The number of phenolic OH excluding ortho intramolecular Hbond substituents is 1. The second-order valence-corrected chi connectivity index (χ2v) is 12.1. The Bertz CT molecular complexity index is 1430. The third-order valence-corrected chi connectivity index (χ3v) is 10.1. The maximum Gasteiger partial charge on any atom is 0.255 e. The molecule has 11 nitrogen and oxygen atoms in total. The number of fused-ring (bicyclic) bond motifs is 7. The number of carbonyl (C=O) groups is 3. The van der Waals surface area contributed by atoms with Gasteiger partial charge in [-0.1, -0.05) is 6.92 Å². The van der Waals surface area contributed by atoms with Gasteiger partial charge in [-0.05, 0) is 75.5 Å². The normalized spacial score (nSPS) is 33.5. The van der Waals surface area contributed by atoms with Crippen LogP contribution in [0.4, 0.5) is 5.69 Å². The number of ketones is 2. The average molecular weight is 553 g/mol. The molecule has 1 amide bonds. The van der Waals surface area contributed by atoms with E-state index in [1.54, 1.807) is 24.9 Å². The quantitative estimate of drug-likeness (QED) is 0.338. The van der Waals surface area contributed by atoms with Crippen molar-refractivity contribution in [3.63, 3.8) is 0 Å². The van der Waals surface area contributed by atoms with Crippen molar-refractivity contribution in [3.05, 3.63) is 39.7 Å². The smallest absolute Gasteiger partial charge is 0.255 e. The van der Waals surface area contributed by atoms with Gasteiger partial charge in [-0.15, -0.1) is 0 Å². The number of hydrogen-bond acceptors (Lipinski definition) is 10. The summed E-state index contributed by atoms with van der Waals surface area (Å²) in [4.78, 5) is 45.8. The molecule has 1 saturated carbocycles. The molecule has 40 heavy (non-hydrogen) atoms. The molecule has 2 fully saturated rings. The Morgan fingerprint density at radius 1 is 1.23 bits per heavy atom. The molecule has 2 heterocycles. The minimum Gasteiger partial charge on any atom is -0.508 e. The van der Waals surface area contributed by atoms with E-state index in [1.807, 2.05) is 7.05 Å². The number of anilines is 1. The lowest BCUT2D eigenvalue weighted by Crippen LogP contribution is -2.66. The highest BCUT2D eigenvalue weighted by molar-refractivity contribution is 6.24. The van der Waals surface area contributed by atoms with E-state index in [0.717, 1.165) is 36.3 Å². The molecular formula is C29H36N4O7. The molecule has 1 saturated heterocycles. The van der Waals surface area contributed by atoms with E-state index in [9.17, 15) is 34.8 Å². The van der Waals surface area contributed by atoms with E-state index < -0.39 is 58.0 Å². The zero-order chi connectivity index (χ0) is 29.0. The van der Waals surface area contributed by atoms with Gasteiger partial charge >= 0.3 is 0 Å². The number of primary amides is 1. The molecule has 6 N–H and O–H groups in total. The number of rotatable bonds is 3. The van der Waals surface area contributed by atoms with Crippen LogP contribution in [0, 0.1) is 17.8 Å². The summed E-state index contributed by atoms with van der Waals surface area (Å²) in [6.07, 6.45) is 1.41. The molecule has 2 unspecified atom stereocenters. The summed E-state index contributed by atoms with van der Waals surface area (Å²) in [7, 11) is 5.70. The predicted molar refractivity (Wildman–Crippen MR) is 146 cm³/mol. The molecule has 6 atom stereocenters. The van der Waals surface area contributed by atoms with Gasteiger partial charge in [-0.25, -0.2) is 0 Å². The Morgan fingerprint density at radius 2 is 1.93 bits per heavy atom. The fraction of sp³-hybridized carbons (Fsp3) is 0.552. The highest BCUT2D eigenvalue weighted by Crippen LogP contribution is 2.56. The van der Waals surface area contributed by atoms with Crippen molar-refractivity contribution in [3.8, 4) is 5.75 Å². The number of benzene rings is 1. The van der Waals surface area contributed by atoms with Crippen LogP contribution in [0.1, 0.15) is 42.5 Å². The topological polar surface area (TPSA) is 168 Å². The molecule has 6 rings (SSSR count). The number of nitrogens with zero attached hydrogens (tertiary/aromatic N) is 3. The molecule has 2 aliphatic heterocycles. The van der Waals surface area contributed by atoms with Crippen molar-refractivity contribution in [2.45, 2.75) is 43.9 Å². The van der Waals surface area contributed by atoms with Crippen molar-refractivity contribution >= 4 is 28.9 Å². The number of phenols is 1. The summed E-state index contributed by atoms with van der Waals surface area (Å²) in [5.74, 6) is -5.93. The Morgan fingerprint density at radius 3 is 2.58 bits per heavy atom. The molecule has 1 aromatic carbocycles. The number of aliphatic hydroxyl groups is 3. The van der Waals surface area contributed by atoms with Gasteiger partial charge in [0.25, 0.3) is 5.91 Å². The zero-order valence-electron chi connectivity index (χ0n) is 23.1. The van der Waals surface area contributed by atoms with Crippen LogP contribution in [-0.2, 0) is 20.8 Å². The Hall–Kier alpha value is -3.41. The number of aliphatic hydroxyl groups excluding tert-OH is 2.